The maximum absolute atomic E-state index is 6.76. The highest BCUT2D eigenvalue weighted by atomic mass is 16.5. The molecule has 2 aromatic rings. The van der Waals surface area contributed by atoms with Gasteiger partial charge in [0.2, 0.25) is 0 Å². The molecule has 5 rings (SSSR count). The molecule has 4 atom stereocenters. The number of likely N-dealkylation sites (N-methyl/N-ethyl adjacent to an activating group) is 2. The van der Waals surface area contributed by atoms with Gasteiger partial charge in [0, 0.05) is 19.0 Å². The number of ether oxygens (including phenoxy) is 2. The van der Waals surface area contributed by atoms with E-state index in [2.05, 4.69) is 95.2 Å². The molecule has 184 valence electrons. The van der Waals surface area contributed by atoms with E-state index in [1.807, 2.05) is 0 Å². The lowest BCUT2D eigenvalue weighted by atomic mass is 9.55. The summed E-state index contributed by atoms with van der Waals surface area (Å²) >= 11 is 0. The molecule has 0 saturated heterocycles. The molecular weight excluding hydrogens is 420 g/mol. The minimum absolute atomic E-state index is 0.131. The molecule has 4 heteroatoms. The minimum atomic E-state index is -0.219. The maximum Gasteiger partial charge on any atom is 0.123 e. The molecule has 34 heavy (non-hydrogen) atoms. The van der Waals surface area contributed by atoms with Crippen molar-refractivity contribution in [1.29, 1.82) is 0 Å². The number of benzene rings is 2. The first kappa shape index (κ1) is 23.7. The molecule has 0 radical (unpaired) electrons. The van der Waals surface area contributed by atoms with Gasteiger partial charge in [-0.2, -0.15) is 0 Å². The van der Waals surface area contributed by atoms with Gasteiger partial charge < -0.3 is 19.3 Å². The Balaban J connectivity index is 1.54. The van der Waals surface area contributed by atoms with Gasteiger partial charge >= 0.3 is 0 Å². The monoisotopic (exact) mass is 462 g/mol. The molecule has 2 heterocycles. The van der Waals surface area contributed by atoms with Gasteiger partial charge in [-0.3, -0.25) is 0 Å². The van der Waals surface area contributed by atoms with Crippen molar-refractivity contribution in [1.82, 2.24) is 9.80 Å². The summed E-state index contributed by atoms with van der Waals surface area (Å²) in [5, 5.41) is 0. The summed E-state index contributed by atoms with van der Waals surface area (Å²) in [6.07, 6.45) is 4.25. The zero-order valence-electron chi connectivity index (χ0n) is 22.1. The number of nitrogens with zero attached hydrogens (tertiary/aromatic N) is 2. The van der Waals surface area contributed by atoms with Gasteiger partial charge in [0.15, 0.2) is 0 Å². The Morgan fingerprint density at radius 1 is 0.735 bits per heavy atom. The summed E-state index contributed by atoms with van der Waals surface area (Å²) in [7, 11) is 8.57. The fourth-order valence-electron chi connectivity index (χ4n) is 6.80. The van der Waals surface area contributed by atoms with E-state index in [1.165, 1.54) is 22.3 Å². The molecule has 1 aliphatic carbocycles. The second kappa shape index (κ2) is 8.57. The van der Waals surface area contributed by atoms with Crippen molar-refractivity contribution in [3.05, 3.63) is 58.7 Å². The Labute approximate surface area is 206 Å². The normalized spacial score (nSPS) is 28.6. The number of hydrogen-bond acceptors (Lipinski definition) is 4. The van der Waals surface area contributed by atoms with Crippen LogP contribution in [0.25, 0.3) is 0 Å². The van der Waals surface area contributed by atoms with E-state index in [-0.39, 0.29) is 11.2 Å². The molecule has 0 aromatic heterocycles. The first-order chi connectivity index (χ1) is 16.0. The van der Waals surface area contributed by atoms with E-state index < -0.39 is 0 Å². The molecule has 2 bridgehead atoms. The summed E-state index contributed by atoms with van der Waals surface area (Å²) in [5.74, 6) is 3.49. The molecule has 2 aliphatic heterocycles. The molecule has 1 saturated carbocycles. The summed E-state index contributed by atoms with van der Waals surface area (Å²) in [6, 6.07) is 13.8. The lowest BCUT2D eigenvalue weighted by Crippen LogP contribution is -2.56. The maximum atomic E-state index is 6.76. The van der Waals surface area contributed by atoms with Crippen LogP contribution in [0.15, 0.2) is 36.4 Å². The predicted molar refractivity (Wildman–Crippen MR) is 139 cm³/mol. The standard InChI is InChI=1S/C30H42N2O2/c1-29(2)28-24(22-16-20(12-14-31(4)5)8-10-26(22)33-29)18-30(3)19-25(28)23-17-21(13-15-32(6)7)9-11-27(23)34-30/h8-11,16-17,24-25,28H,12-15,18-19H2,1-7H3. The van der Waals surface area contributed by atoms with Crippen LogP contribution < -0.4 is 9.47 Å². The molecule has 1 fully saturated rings. The molecule has 3 aliphatic rings. The molecule has 0 amide bonds. The highest BCUT2D eigenvalue weighted by molar-refractivity contribution is 5.49. The molecule has 0 N–H and O–H groups in total. The van der Waals surface area contributed by atoms with Crippen molar-refractivity contribution < 1.29 is 9.47 Å². The van der Waals surface area contributed by atoms with Crippen molar-refractivity contribution in [2.75, 3.05) is 41.3 Å². The van der Waals surface area contributed by atoms with E-state index in [9.17, 15) is 0 Å². The third-order valence-electron chi connectivity index (χ3n) is 8.35. The number of fused-ring (bicyclic) bond motifs is 8. The Bertz CT molecular complexity index is 1000. The van der Waals surface area contributed by atoms with E-state index >= 15 is 0 Å². The summed E-state index contributed by atoms with van der Waals surface area (Å²) < 4.78 is 13.5. The van der Waals surface area contributed by atoms with E-state index in [0.717, 1.165) is 50.3 Å². The highest BCUT2D eigenvalue weighted by Crippen LogP contribution is 2.62. The van der Waals surface area contributed by atoms with Crippen LogP contribution >= 0.6 is 0 Å². The second-order valence-electron chi connectivity index (χ2n) is 12.3. The summed E-state index contributed by atoms with van der Waals surface area (Å²) in [6.45, 7) is 9.07. The van der Waals surface area contributed by atoms with Gasteiger partial charge in [0.05, 0.1) is 0 Å². The van der Waals surface area contributed by atoms with Gasteiger partial charge in [-0.05, 0) is 121 Å². The zero-order chi connectivity index (χ0) is 24.3. The van der Waals surface area contributed by atoms with Crippen LogP contribution in [0.3, 0.4) is 0 Å². The molecule has 4 nitrogen and oxygen atoms in total. The van der Waals surface area contributed by atoms with Gasteiger partial charge in [0.1, 0.15) is 22.7 Å². The van der Waals surface area contributed by atoms with Crippen LogP contribution in [0.5, 0.6) is 11.5 Å². The van der Waals surface area contributed by atoms with Crippen molar-refractivity contribution in [3.63, 3.8) is 0 Å². The SMILES string of the molecule is CN(C)CCc1ccc2c(c1)C1CC(C)(CC3c4cc(CCN(C)C)ccc4OC(C)(C)C13)O2. The van der Waals surface area contributed by atoms with Crippen LogP contribution in [-0.4, -0.2) is 62.3 Å². The van der Waals surface area contributed by atoms with Crippen LogP contribution in [-0.2, 0) is 12.8 Å². The number of rotatable bonds is 6. The first-order valence-corrected chi connectivity index (χ1v) is 13.0. The minimum Gasteiger partial charge on any atom is -0.487 e. The average Bonchev–Trinajstić information content (AvgIpc) is 2.75. The Hall–Kier alpha value is -2.04. The lowest BCUT2D eigenvalue weighted by Gasteiger charge is -2.57. The van der Waals surface area contributed by atoms with Crippen LogP contribution in [0.4, 0.5) is 0 Å². The zero-order valence-corrected chi connectivity index (χ0v) is 22.1. The topological polar surface area (TPSA) is 24.9 Å². The van der Waals surface area contributed by atoms with Gasteiger partial charge in [-0.1, -0.05) is 24.3 Å². The molecule has 0 spiro atoms. The molecule has 4 unspecified atom stereocenters. The van der Waals surface area contributed by atoms with Crippen LogP contribution in [0.1, 0.15) is 67.7 Å². The van der Waals surface area contributed by atoms with Crippen molar-refractivity contribution >= 4 is 0 Å². The second-order valence-corrected chi connectivity index (χ2v) is 12.3. The van der Waals surface area contributed by atoms with Crippen molar-refractivity contribution in [2.24, 2.45) is 5.92 Å². The fourth-order valence-corrected chi connectivity index (χ4v) is 6.80. The smallest absolute Gasteiger partial charge is 0.123 e. The molecule has 2 aromatic carbocycles. The average molecular weight is 463 g/mol. The van der Waals surface area contributed by atoms with Gasteiger partial charge in [0.25, 0.3) is 0 Å². The Kier molecular flexibility index (Phi) is 5.97. The summed E-state index contributed by atoms with van der Waals surface area (Å²) in [4.78, 5) is 4.51. The van der Waals surface area contributed by atoms with Crippen LogP contribution in [0.2, 0.25) is 0 Å². The summed E-state index contributed by atoms with van der Waals surface area (Å²) in [5.41, 5.74) is 5.25. The van der Waals surface area contributed by atoms with E-state index in [0.29, 0.717) is 17.8 Å². The van der Waals surface area contributed by atoms with E-state index in [4.69, 9.17) is 9.47 Å². The predicted octanol–water partition coefficient (Wildman–Crippen LogP) is 5.49. The Morgan fingerprint density at radius 2 is 1.21 bits per heavy atom. The Morgan fingerprint density at radius 3 is 1.68 bits per heavy atom. The fraction of sp³-hybridized carbons (Fsp3) is 0.600. The third kappa shape index (κ3) is 4.35. The van der Waals surface area contributed by atoms with Crippen molar-refractivity contribution in [2.45, 2.75) is 69.5 Å². The van der Waals surface area contributed by atoms with E-state index in [1.54, 1.807) is 0 Å². The molecular formula is C30H42N2O2. The number of hydrogen-bond donors (Lipinski definition) is 0. The first-order valence-electron chi connectivity index (χ1n) is 13.0. The highest BCUT2D eigenvalue weighted by Gasteiger charge is 2.57. The van der Waals surface area contributed by atoms with Crippen LogP contribution in [0, 0.1) is 5.92 Å². The van der Waals surface area contributed by atoms with Crippen molar-refractivity contribution in [3.8, 4) is 11.5 Å². The van der Waals surface area contributed by atoms with Gasteiger partial charge in [-0.25, -0.2) is 0 Å². The lowest BCUT2D eigenvalue weighted by molar-refractivity contribution is -0.0801. The third-order valence-corrected chi connectivity index (χ3v) is 8.35. The van der Waals surface area contributed by atoms with Gasteiger partial charge in [-0.15, -0.1) is 0 Å². The largest absolute Gasteiger partial charge is 0.487 e. The quantitative estimate of drug-likeness (QED) is 0.566.